The van der Waals surface area contributed by atoms with Gasteiger partial charge in [-0.25, -0.2) is 0 Å². The van der Waals surface area contributed by atoms with Crippen LogP contribution in [0, 0.1) is 5.92 Å². The first-order valence-corrected chi connectivity index (χ1v) is 13.5. The molecule has 0 spiro atoms. The van der Waals surface area contributed by atoms with Gasteiger partial charge in [0, 0.05) is 48.7 Å². The zero-order chi connectivity index (χ0) is 24.7. The number of carbonyl (C=O) groups is 1. The van der Waals surface area contributed by atoms with Gasteiger partial charge in [-0.3, -0.25) is 14.6 Å². The summed E-state index contributed by atoms with van der Waals surface area (Å²) in [4.78, 5) is 18.0. The minimum Gasteiger partial charge on any atom is -0.492 e. The van der Waals surface area contributed by atoms with Crippen LogP contribution in [0.4, 0.5) is 0 Å². The van der Waals surface area contributed by atoms with E-state index in [0.29, 0.717) is 18.9 Å². The number of rotatable bonds is 8. The van der Waals surface area contributed by atoms with Crippen LogP contribution in [-0.2, 0) is 19.6 Å². The number of hydrogen-bond acceptors (Lipinski definition) is 4. The fraction of sp³-hybridized carbons (Fsp3) is 0.387. The summed E-state index contributed by atoms with van der Waals surface area (Å²) in [6, 6.07) is 24.6. The Balaban J connectivity index is 0.00000200. The maximum atomic E-state index is 13.1. The molecular weight excluding hydrogens is 539 g/mol. The number of benzene rings is 3. The largest absolute Gasteiger partial charge is 0.492 e. The van der Waals surface area contributed by atoms with Gasteiger partial charge in [0.05, 0.1) is 0 Å². The lowest BCUT2D eigenvalue weighted by molar-refractivity contribution is 0.0961. The number of carbonyl (C=O) groups excluding carboxylic acids is 1. The minimum atomic E-state index is 0. The fourth-order valence-electron chi connectivity index (χ4n) is 5.38. The first kappa shape index (κ1) is 30.5. The summed E-state index contributed by atoms with van der Waals surface area (Å²) in [5.41, 5.74) is 4.42. The van der Waals surface area contributed by atoms with E-state index in [0.717, 1.165) is 80.4 Å². The standard InChI is InChI=1S/C31H35ClN2O2.2ClH/c32-29-9-5-4-8-27(29)22-33-16-14-24(15-17-33)10-12-30(35)26-11-13-31-28(20-26)23-34(18-19-36-31)21-25-6-2-1-3-7-25;;/h1-9,11,13,20,24H,10,12,14-19,21-23H2;2*1H. The van der Waals surface area contributed by atoms with E-state index in [1.807, 2.05) is 30.3 Å². The van der Waals surface area contributed by atoms with E-state index in [1.165, 1.54) is 11.1 Å². The van der Waals surface area contributed by atoms with Gasteiger partial charge in [-0.1, -0.05) is 60.1 Å². The Morgan fingerprint density at radius 1 is 0.868 bits per heavy atom. The molecule has 0 unspecified atom stereocenters. The van der Waals surface area contributed by atoms with Crippen LogP contribution >= 0.6 is 36.4 Å². The summed E-state index contributed by atoms with van der Waals surface area (Å²) < 4.78 is 6.00. The lowest BCUT2D eigenvalue weighted by atomic mass is 9.90. The second-order valence-electron chi connectivity index (χ2n) is 10.1. The van der Waals surface area contributed by atoms with Crippen LogP contribution in [-0.4, -0.2) is 41.8 Å². The molecule has 0 saturated carbocycles. The van der Waals surface area contributed by atoms with Crippen LogP contribution in [0.25, 0.3) is 0 Å². The first-order valence-electron chi connectivity index (χ1n) is 13.1. The molecule has 0 atom stereocenters. The number of likely N-dealkylation sites (tertiary alicyclic amines) is 1. The van der Waals surface area contributed by atoms with Crippen molar-refractivity contribution in [1.82, 2.24) is 9.80 Å². The van der Waals surface area contributed by atoms with E-state index in [9.17, 15) is 4.79 Å². The molecule has 2 aliphatic rings. The highest BCUT2D eigenvalue weighted by Crippen LogP contribution is 2.28. The topological polar surface area (TPSA) is 32.8 Å². The smallest absolute Gasteiger partial charge is 0.162 e. The number of hydrogen-bond donors (Lipinski definition) is 0. The summed E-state index contributed by atoms with van der Waals surface area (Å²) in [5.74, 6) is 1.77. The maximum Gasteiger partial charge on any atom is 0.162 e. The van der Waals surface area contributed by atoms with Crippen molar-refractivity contribution in [2.75, 3.05) is 26.2 Å². The Morgan fingerprint density at radius 2 is 1.61 bits per heavy atom. The van der Waals surface area contributed by atoms with Gasteiger partial charge in [0.25, 0.3) is 0 Å². The summed E-state index contributed by atoms with van der Waals surface area (Å²) in [6.07, 6.45) is 3.86. The van der Waals surface area contributed by atoms with E-state index in [1.54, 1.807) is 0 Å². The summed E-state index contributed by atoms with van der Waals surface area (Å²) in [5, 5.41) is 0.847. The second kappa shape index (κ2) is 14.9. The molecule has 1 saturated heterocycles. The number of piperidine rings is 1. The summed E-state index contributed by atoms with van der Waals surface area (Å²) >= 11 is 6.34. The van der Waals surface area contributed by atoms with Gasteiger partial charge in [-0.2, -0.15) is 0 Å². The van der Waals surface area contributed by atoms with Gasteiger partial charge in [0.1, 0.15) is 12.4 Å². The molecule has 0 aromatic heterocycles. The third-order valence-corrected chi connectivity index (χ3v) is 7.90. The number of nitrogens with zero attached hydrogens (tertiary/aromatic N) is 2. The van der Waals surface area contributed by atoms with Crippen molar-refractivity contribution in [3.8, 4) is 5.75 Å². The van der Waals surface area contributed by atoms with Gasteiger partial charge in [0.15, 0.2) is 5.78 Å². The summed E-state index contributed by atoms with van der Waals surface area (Å²) in [6.45, 7) is 6.27. The molecule has 0 radical (unpaired) electrons. The lowest BCUT2D eigenvalue weighted by Crippen LogP contribution is -2.33. The zero-order valence-electron chi connectivity index (χ0n) is 21.7. The first-order chi connectivity index (χ1) is 17.6. The van der Waals surface area contributed by atoms with Crippen LogP contribution < -0.4 is 4.74 Å². The van der Waals surface area contributed by atoms with Crippen molar-refractivity contribution in [3.63, 3.8) is 0 Å². The van der Waals surface area contributed by atoms with Crippen molar-refractivity contribution < 1.29 is 9.53 Å². The number of ketones is 1. The number of halogens is 3. The van der Waals surface area contributed by atoms with Crippen molar-refractivity contribution in [3.05, 3.63) is 100 Å². The Hall–Kier alpha value is -2.08. The Kier molecular flexibility index (Phi) is 11.9. The molecule has 7 heteroatoms. The molecule has 2 aliphatic heterocycles. The predicted molar refractivity (Wildman–Crippen MR) is 160 cm³/mol. The van der Waals surface area contributed by atoms with E-state index in [4.69, 9.17) is 16.3 Å². The van der Waals surface area contributed by atoms with Crippen LogP contribution in [0.15, 0.2) is 72.8 Å². The van der Waals surface area contributed by atoms with Crippen molar-refractivity contribution in [2.24, 2.45) is 5.92 Å². The van der Waals surface area contributed by atoms with Gasteiger partial charge in [-0.15, -0.1) is 24.8 Å². The minimum absolute atomic E-state index is 0. The van der Waals surface area contributed by atoms with Crippen LogP contribution in [0.3, 0.4) is 0 Å². The molecule has 0 aliphatic carbocycles. The quantitative estimate of drug-likeness (QED) is 0.261. The predicted octanol–water partition coefficient (Wildman–Crippen LogP) is 7.45. The molecule has 2 heterocycles. The highest BCUT2D eigenvalue weighted by Gasteiger charge is 2.22. The number of ether oxygens (including phenoxy) is 1. The van der Waals surface area contributed by atoms with Crippen LogP contribution in [0.1, 0.15) is 52.7 Å². The molecule has 3 aromatic carbocycles. The van der Waals surface area contributed by atoms with Crippen molar-refractivity contribution in [2.45, 2.75) is 45.3 Å². The Labute approximate surface area is 244 Å². The van der Waals surface area contributed by atoms with Crippen LogP contribution in [0.5, 0.6) is 5.75 Å². The number of Topliss-reactive ketones (excluding diaryl/α,β-unsaturated/α-hetero) is 1. The SMILES string of the molecule is Cl.Cl.O=C(CCC1CCN(Cc2ccccc2Cl)CC1)c1ccc2c(c1)CN(Cc1ccccc1)CCO2. The molecule has 5 rings (SSSR count). The lowest BCUT2D eigenvalue weighted by Gasteiger charge is -2.32. The molecule has 0 amide bonds. The van der Waals surface area contributed by atoms with E-state index in [-0.39, 0.29) is 30.6 Å². The van der Waals surface area contributed by atoms with Crippen molar-refractivity contribution in [1.29, 1.82) is 0 Å². The maximum absolute atomic E-state index is 13.1. The molecule has 38 heavy (non-hydrogen) atoms. The molecule has 3 aromatic rings. The van der Waals surface area contributed by atoms with E-state index in [2.05, 4.69) is 52.3 Å². The van der Waals surface area contributed by atoms with Gasteiger partial charge < -0.3 is 4.74 Å². The highest BCUT2D eigenvalue weighted by atomic mass is 35.5. The van der Waals surface area contributed by atoms with E-state index < -0.39 is 0 Å². The third-order valence-electron chi connectivity index (χ3n) is 7.53. The molecule has 0 N–H and O–H groups in total. The fourth-order valence-corrected chi connectivity index (χ4v) is 5.57. The molecule has 1 fully saturated rings. The molecule has 204 valence electrons. The Morgan fingerprint density at radius 3 is 2.37 bits per heavy atom. The average molecular weight is 576 g/mol. The number of fused-ring (bicyclic) bond motifs is 1. The molecule has 0 bridgehead atoms. The van der Waals surface area contributed by atoms with Crippen molar-refractivity contribution >= 4 is 42.2 Å². The van der Waals surface area contributed by atoms with Gasteiger partial charge >= 0.3 is 0 Å². The molecule has 4 nitrogen and oxygen atoms in total. The monoisotopic (exact) mass is 574 g/mol. The van der Waals surface area contributed by atoms with E-state index >= 15 is 0 Å². The third kappa shape index (κ3) is 8.21. The highest BCUT2D eigenvalue weighted by molar-refractivity contribution is 6.31. The average Bonchev–Trinajstić information content (AvgIpc) is 3.11. The van der Waals surface area contributed by atoms with Gasteiger partial charge in [-0.05, 0) is 73.7 Å². The summed E-state index contributed by atoms with van der Waals surface area (Å²) in [7, 11) is 0. The zero-order valence-corrected chi connectivity index (χ0v) is 24.1. The molecular formula is C31H37Cl3N2O2. The second-order valence-corrected chi connectivity index (χ2v) is 10.5. The Bertz CT molecular complexity index is 1170. The van der Waals surface area contributed by atoms with Crippen LogP contribution in [0.2, 0.25) is 5.02 Å². The normalized spacial score (nSPS) is 16.3. The van der Waals surface area contributed by atoms with Gasteiger partial charge in [0.2, 0.25) is 0 Å².